The van der Waals surface area contributed by atoms with Crippen molar-refractivity contribution in [2.75, 3.05) is 6.26 Å². The summed E-state index contributed by atoms with van der Waals surface area (Å²) in [4.78, 5) is 0. The molecule has 0 bridgehead atoms. The Hall–Kier alpha value is -0.580. The number of thiocarbonyl (C=S) groups is 1. The molecule has 0 saturated carbocycles. The van der Waals surface area contributed by atoms with Crippen molar-refractivity contribution < 1.29 is 0 Å². The van der Waals surface area contributed by atoms with E-state index in [0.29, 0.717) is 4.32 Å². The molecule has 2 nitrogen and oxygen atoms in total. The van der Waals surface area contributed by atoms with Crippen molar-refractivity contribution in [2.45, 2.75) is 0 Å². The number of rotatable bonds is 2. The van der Waals surface area contributed by atoms with Gasteiger partial charge in [-0.2, -0.15) is 5.10 Å². The standard InChI is InChI=1S/C9H9ClN2S2/c1-14-9(13)12-11-6-7-2-4-8(10)5-3-7/h2-6H,1H3,(H,12,13)/b11-6+. The van der Waals surface area contributed by atoms with E-state index in [1.54, 1.807) is 6.21 Å². The zero-order valence-corrected chi connectivity index (χ0v) is 9.92. The van der Waals surface area contributed by atoms with Gasteiger partial charge in [0.1, 0.15) is 0 Å². The molecule has 0 aromatic heterocycles. The summed E-state index contributed by atoms with van der Waals surface area (Å²) in [5, 5.41) is 4.68. The lowest BCUT2D eigenvalue weighted by atomic mass is 10.2. The van der Waals surface area contributed by atoms with Gasteiger partial charge in [0, 0.05) is 5.02 Å². The zero-order chi connectivity index (χ0) is 10.4. The van der Waals surface area contributed by atoms with E-state index in [0.717, 1.165) is 10.6 Å². The molecule has 1 aromatic carbocycles. The normalized spacial score (nSPS) is 10.4. The third-order valence-corrected chi connectivity index (χ3v) is 2.73. The predicted molar refractivity (Wildman–Crippen MR) is 68.3 cm³/mol. The topological polar surface area (TPSA) is 24.4 Å². The summed E-state index contributed by atoms with van der Waals surface area (Å²) in [6.07, 6.45) is 3.59. The van der Waals surface area contributed by atoms with Gasteiger partial charge in [0.05, 0.1) is 6.21 Å². The molecule has 0 heterocycles. The Bertz CT molecular complexity index is 335. The molecule has 0 aliphatic heterocycles. The Kier molecular flexibility index (Phi) is 4.93. The van der Waals surface area contributed by atoms with Crippen LogP contribution >= 0.6 is 35.6 Å². The van der Waals surface area contributed by atoms with E-state index < -0.39 is 0 Å². The van der Waals surface area contributed by atoms with Crippen LogP contribution in [-0.2, 0) is 0 Å². The maximum absolute atomic E-state index is 5.73. The Morgan fingerprint density at radius 1 is 1.50 bits per heavy atom. The molecule has 0 spiro atoms. The number of hydrazone groups is 1. The Morgan fingerprint density at radius 3 is 2.71 bits per heavy atom. The van der Waals surface area contributed by atoms with Crippen LogP contribution in [0, 0.1) is 0 Å². The Balaban J connectivity index is 2.52. The molecule has 0 unspecified atom stereocenters. The number of hydrogen-bond donors (Lipinski definition) is 1. The maximum Gasteiger partial charge on any atom is 0.153 e. The average Bonchev–Trinajstić information content (AvgIpc) is 2.21. The number of nitrogens with zero attached hydrogens (tertiary/aromatic N) is 1. The van der Waals surface area contributed by atoms with Gasteiger partial charge in [0.2, 0.25) is 0 Å². The first-order chi connectivity index (χ1) is 6.72. The van der Waals surface area contributed by atoms with Crippen LogP contribution in [0.3, 0.4) is 0 Å². The Morgan fingerprint density at radius 2 is 2.14 bits per heavy atom. The van der Waals surface area contributed by atoms with Gasteiger partial charge in [0.15, 0.2) is 4.32 Å². The summed E-state index contributed by atoms with van der Waals surface area (Å²) in [5.74, 6) is 0. The number of benzene rings is 1. The smallest absolute Gasteiger partial charge is 0.153 e. The van der Waals surface area contributed by atoms with Crippen molar-refractivity contribution in [3.05, 3.63) is 34.9 Å². The zero-order valence-electron chi connectivity index (χ0n) is 7.53. The summed E-state index contributed by atoms with van der Waals surface area (Å²) < 4.78 is 0.648. The van der Waals surface area contributed by atoms with Gasteiger partial charge in [-0.15, -0.1) is 0 Å². The maximum atomic E-state index is 5.73. The van der Waals surface area contributed by atoms with Gasteiger partial charge >= 0.3 is 0 Å². The summed E-state index contributed by atoms with van der Waals surface area (Å²) in [6.45, 7) is 0. The van der Waals surface area contributed by atoms with Gasteiger partial charge in [-0.25, -0.2) is 0 Å². The van der Waals surface area contributed by atoms with Crippen LogP contribution in [0.1, 0.15) is 5.56 Å². The first-order valence-corrected chi connectivity index (χ1v) is 5.86. The minimum Gasteiger partial charge on any atom is -0.262 e. The lowest BCUT2D eigenvalue weighted by molar-refractivity contribution is 1.07. The summed E-state index contributed by atoms with van der Waals surface area (Å²) >= 11 is 12.1. The third-order valence-electron chi connectivity index (χ3n) is 1.42. The SMILES string of the molecule is CSC(=S)N/N=C/c1ccc(Cl)cc1. The molecule has 1 N–H and O–H groups in total. The van der Waals surface area contributed by atoms with Crippen molar-refractivity contribution in [2.24, 2.45) is 5.10 Å². The molecule has 74 valence electrons. The molecule has 5 heteroatoms. The van der Waals surface area contributed by atoms with Crippen LogP contribution in [0.5, 0.6) is 0 Å². The third kappa shape index (κ3) is 4.09. The molecule has 0 aliphatic carbocycles. The molecule has 0 radical (unpaired) electrons. The molecule has 0 atom stereocenters. The first kappa shape index (κ1) is 11.5. The molecule has 14 heavy (non-hydrogen) atoms. The molecule has 0 amide bonds. The average molecular weight is 245 g/mol. The van der Waals surface area contributed by atoms with Crippen LogP contribution in [0.4, 0.5) is 0 Å². The van der Waals surface area contributed by atoms with Crippen LogP contribution in [0.2, 0.25) is 5.02 Å². The number of nitrogens with one attached hydrogen (secondary N) is 1. The molecular weight excluding hydrogens is 236 g/mol. The van der Waals surface area contributed by atoms with Crippen molar-refractivity contribution >= 4 is 46.1 Å². The second-order valence-corrected chi connectivity index (χ2v) is 4.33. The monoisotopic (exact) mass is 244 g/mol. The second-order valence-electron chi connectivity index (χ2n) is 2.41. The van der Waals surface area contributed by atoms with Crippen molar-refractivity contribution in [3.63, 3.8) is 0 Å². The number of thioether (sulfide) groups is 1. The fourth-order valence-corrected chi connectivity index (χ4v) is 1.08. The van der Waals surface area contributed by atoms with Gasteiger partial charge in [-0.3, -0.25) is 5.43 Å². The van der Waals surface area contributed by atoms with Crippen LogP contribution in [-0.4, -0.2) is 16.8 Å². The van der Waals surface area contributed by atoms with E-state index in [9.17, 15) is 0 Å². The molecule has 0 aliphatic rings. The largest absolute Gasteiger partial charge is 0.262 e. The van der Waals surface area contributed by atoms with Crippen molar-refractivity contribution in [3.8, 4) is 0 Å². The van der Waals surface area contributed by atoms with E-state index in [1.807, 2.05) is 30.5 Å². The summed E-state index contributed by atoms with van der Waals surface area (Å²) in [7, 11) is 0. The van der Waals surface area contributed by atoms with Gasteiger partial charge in [-0.05, 0) is 24.0 Å². The van der Waals surface area contributed by atoms with Crippen molar-refractivity contribution in [1.82, 2.24) is 5.43 Å². The summed E-state index contributed by atoms with van der Waals surface area (Å²) in [6, 6.07) is 7.40. The summed E-state index contributed by atoms with van der Waals surface area (Å²) in [5.41, 5.74) is 3.70. The van der Waals surface area contributed by atoms with Crippen molar-refractivity contribution in [1.29, 1.82) is 0 Å². The van der Waals surface area contributed by atoms with Gasteiger partial charge < -0.3 is 0 Å². The molecule has 1 aromatic rings. The lowest BCUT2D eigenvalue weighted by Gasteiger charge is -1.96. The second kappa shape index (κ2) is 6.01. The van der Waals surface area contributed by atoms with Gasteiger partial charge in [-0.1, -0.05) is 47.7 Å². The molecule has 1 rings (SSSR count). The first-order valence-electron chi connectivity index (χ1n) is 3.85. The number of hydrogen-bond acceptors (Lipinski definition) is 3. The van der Waals surface area contributed by atoms with E-state index >= 15 is 0 Å². The van der Waals surface area contributed by atoms with Crippen LogP contribution < -0.4 is 5.43 Å². The highest BCUT2D eigenvalue weighted by atomic mass is 35.5. The fraction of sp³-hybridized carbons (Fsp3) is 0.111. The van der Waals surface area contributed by atoms with Gasteiger partial charge in [0.25, 0.3) is 0 Å². The lowest BCUT2D eigenvalue weighted by Crippen LogP contribution is -2.10. The number of halogens is 1. The van der Waals surface area contributed by atoms with E-state index in [1.165, 1.54) is 11.8 Å². The highest BCUT2D eigenvalue weighted by Crippen LogP contribution is 2.07. The minimum absolute atomic E-state index is 0.648. The minimum atomic E-state index is 0.648. The quantitative estimate of drug-likeness (QED) is 0.492. The Labute approximate surface area is 97.7 Å². The fourth-order valence-electron chi connectivity index (χ4n) is 0.754. The van der Waals surface area contributed by atoms with E-state index in [4.69, 9.17) is 23.8 Å². The van der Waals surface area contributed by atoms with Crippen LogP contribution in [0.15, 0.2) is 29.4 Å². The van der Waals surface area contributed by atoms with E-state index in [2.05, 4.69) is 10.5 Å². The highest BCUT2D eigenvalue weighted by molar-refractivity contribution is 8.22. The molecular formula is C9H9ClN2S2. The highest BCUT2D eigenvalue weighted by Gasteiger charge is 1.89. The molecule has 0 fully saturated rings. The predicted octanol–water partition coefficient (Wildman–Crippen LogP) is 2.91. The van der Waals surface area contributed by atoms with Crippen LogP contribution in [0.25, 0.3) is 0 Å². The molecule has 0 saturated heterocycles. The van der Waals surface area contributed by atoms with E-state index in [-0.39, 0.29) is 0 Å².